The molecule has 1 fully saturated rings. The van der Waals surface area contributed by atoms with Crippen LogP contribution in [0.4, 0.5) is 0 Å². The standard InChI is InChI=1S/C24H27N3O2/c1-17-7-9-18(10-8-17)15-26-23(29)24(2)13-11-22(28)27(24)14-12-19-16-25-21-6-4-3-5-20(19)21/h3-10,16,25H,11-15H2,1-2H3,(H,26,29). The van der Waals surface area contributed by atoms with Gasteiger partial charge >= 0.3 is 0 Å². The molecule has 3 aromatic rings. The molecule has 5 nitrogen and oxygen atoms in total. The fourth-order valence-corrected chi connectivity index (χ4v) is 4.15. The number of fused-ring (bicyclic) bond motifs is 1. The van der Waals surface area contributed by atoms with Crippen LogP contribution in [-0.2, 0) is 22.6 Å². The third-order valence-electron chi connectivity index (χ3n) is 6.06. The molecular formula is C24H27N3O2. The number of benzene rings is 2. The van der Waals surface area contributed by atoms with Crippen molar-refractivity contribution < 1.29 is 9.59 Å². The predicted octanol–water partition coefficient (Wildman–Crippen LogP) is 3.72. The second-order valence-electron chi connectivity index (χ2n) is 8.10. The topological polar surface area (TPSA) is 65.2 Å². The lowest BCUT2D eigenvalue weighted by Gasteiger charge is -2.34. The van der Waals surface area contributed by atoms with E-state index in [1.165, 1.54) is 16.5 Å². The number of aromatic amines is 1. The van der Waals surface area contributed by atoms with Gasteiger partial charge in [0.05, 0.1) is 0 Å². The summed E-state index contributed by atoms with van der Waals surface area (Å²) in [7, 11) is 0. The van der Waals surface area contributed by atoms with Crippen LogP contribution in [0.5, 0.6) is 0 Å². The molecule has 0 aliphatic carbocycles. The van der Waals surface area contributed by atoms with Gasteiger partial charge in [-0.1, -0.05) is 48.0 Å². The number of para-hydroxylation sites is 1. The summed E-state index contributed by atoms with van der Waals surface area (Å²) in [6, 6.07) is 16.3. The molecule has 2 aromatic carbocycles. The predicted molar refractivity (Wildman–Crippen MR) is 114 cm³/mol. The lowest BCUT2D eigenvalue weighted by molar-refractivity contribution is -0.140. The maximum absolute atomic E-state index is 13.0. The molecule has 0 saturated carbocycles. The van der Waals surface area contributed by atoms with Crippen LogP contribution in [0.1, 0.15) is 36.5 Å². The van der Waals surface area contributed by atoms with Gasteiger partial charge in [-0.05, 0) is 43.9 Å². The number of nitrogens with zero attached hydrogens (tertiary/aromatic N) is 1. The summed E-state index contributed by atoms with van der Waals surface area (Å²) in [6.45, 7) is 4.94. The lowest BCUT2D eigenvalue weighted by atomic mass is 9.97. The molecule has 150 valence electrons. The maximum atomic E-state index is 13.0. The van der Waals surface area contributed by atoms with Crippen molar-refractivity contribution in [3.05, 3.63) is 71.4 Å². The number of hydrogen-bond donors (Lipinski definition) is 2. The Hall–Kier alpha value is -3.08. The first-order chi connectivity index (χ1) is 14.0. The summed E-state index contributed by atoms with van der Waals surface area (Å²) in [5.41, 5.74) is 3.71. The Labute approximate surface area is 171 Å². The monoisotopic (exact) mass is 389 g/mol. The summed E-state index contributed by atoms with van der Waals surface area (Å²) in [4.78, 5) is 30.6. The van der Waals surface area contributed by atoms with Gasteiger partial charge in [-0.15, -0.1) is 0 Å². The Morgan fingerprint density at radius 1 is 1.17 bits per heavy atom. The van der Waals surface area contributed by atoms with E-state index in [1.54, 1.807) is 4.90 Å². The van der Waals surface area contributed by atoms with Crippen LogP contribution in [0.15, 0.2) is 54.7 Å². The van der Waals surface area contributed by atoms with Crippen molar-refractivity contribution in [3.63, 3.8) is 0 Å². The molecule has 1 aromatic heterocycles. The molecule has 1 aliphatic rings. The zero-order valence-electron chi connectivity index (χ0n) is 17.0. The van der Waals surface area contributed by atoms with E-state index in [-0.39, 0.29) is 11.8 Å². The molecule has 1 saturated heterocycles. The Bertz CT molecular complexity index is 1040. The number of aromatic nitrogens is 1. The molecule has 0 spiro atoms. The largest absolute Gasteiger partial charge is 0.361 e. The van der Waals surface area contributed by atoms with Crippen LogP contribution < -0.4 is 5.32 Å². The van der Waals surface area contributed by atoms with Crippen molar-refractivity contribution in [2.45, 2.75) is 45.2 Å². The van der Waals surface area contributed by atoms with Crippen LogP contribution in [0, 0.1) is 6.92 Å². The average Bonchev–Trinajstić information content (AvgIpc) is 3.27. The fourth-order valence-electron chi connectivity index (χ4n) is 4.15. The van der Waals surface area contributed by atoms with Crippen LogP contribution >= 0.6 is 0 Å². The summed E-state index contributed by atoms with van der Waals surface area (Å²) in [6.07, 6.45) is 3.69. The third kappa shape index (κ3) is 3.77. The first-order valence-electron chi connectivity index (χ1n) is 10.2. The highest BCUT2D eigenvalue weighted by Crippen LogP contribution is 2.31. The summed E-state index contributed by atoms with van der Waals surface area (Å²) in [5, 5.41) is 4.21. The van der Waals surface area contributed by atoms with Crippen molar-refractivity contribution in [3.8, 4) is 0 Å². The molecule has 2 amide bonds. The molecule has 0 radical (unpaired) electrons. The van der Waals surface area contributed by atoms with Crippen molar-refractivity contribution in [1.29, 1.82) is 0 Å². The van der Waals surface area contributed by atoms with E-state index in [2.05, 4.69) is 16.4 Å². The van der Waals surface area contributed by atoms with E-state index in [9.17, 15) is 9.59 Å². The van der Waals surface area contributed by atoms with Crippen LogP contribution in [0.25, 0.3) is 10.9 Å². The van der Waals surface area contributed by atoms with Crippen molar-refractivity contribution >= 4 is 22.7 Å². The maximum Gasteiger partial charge on any atom is 0.245 e. The van der Waals surface area contributed by atoms with Gasteiger partial charge in [0.25, 0.3) is 0 Å². The SMILES string of the molecule is Cc1ccc(CNC(=O)C2(C)CCC(=O)N2CCc2c[nH]c3ccccc23)cc1. The minimum absolute atomic E-state index is 0.0535. The number of hydrogen-bond acceptors (Lipinski definition) is 2. The highest BCUT2D eigenvalue weighted by molar-refractivity contribution is 5.94. The highest BCUT2D eigenvalue weighted by Gasteiger charge is 2.46. The van der Waals surface area contributed by atoms with Gasteiger partial charge in [0, 0.05) is 36.6 Å². The summed E-state index contributed by atoms with van der Waals surface area (Å²) >= 11 is 0. The fraction of sp³-hybridized carbons (Fsp3) is 0.333. The number of nitrogens with one attached hydrogen (secondary N) is 2. The van der Waals surface area contributed by atoms with E-state index in [0.717, 1.165) is 17.5 Å². The highest BCUT2D eigenvalue weighted by atomic mass is 16.2. The summed E-state index contributed by atoms with van der Waals surface area (Å²) in [5.74, 6) is -0.0271. The first kappa shape index (κ1) is 19.2. The Morgan fingerprint density at radius 2 is 1.93 bits per heavy atom. The van der Waals surface area contributed by atoms with Crippen molar-refractivity contribution in [2.24, 2.45) is 0 Å². The number of amides is 2. The molecule has 4 rings (SSSR count). The zero-order valence-corrected chi connectivity index (χ0v) is 17.0. The van der Waals surface area contributed by atoms with Crippen LogP contribution in [-0.4, -0.2) is 33.8 Å². The second-order valence-corrected chi connectivity index (χ2v) is 8.10. The van der Waals surface area contributed by atoms with Crippen LogP contribution in [0.2, 0.25) is 0 Å². The Balaban J connectivity index is 1.44. The molecule has 29 heavy (non-hydrogen) atoms. The minimum Gasteiger partial charge on any atom is -0.361 e. The quantitative estimate of drug-likeness (QED) is 0.675. The second kappa shape index (κ2) is 7.74. The van der Waals surface area contributed by atoms with E-state index in [1.807, 2.05) is 62.5 Å². The van der Waals surface area contributed by atoms with E-state index < -0.39 is 5.54 Å². The van der Waals surface area contributed by atoms with Gasteiger partial charge in [-0.2, -0.15) is 0 Å². The molecule has 2 N–H and O–H groups in total. The zero-order chi connectivity index (χ0) is 20.4. The summed E-state index contributed by atoms with van der Waals surface area (Å²) < 4.78 is 0. The van der Waals surface area contributed by atoms with E-state index in [0.29, 0.717) is 25.9 Å². The lowest BCUT2D eigenvalue weighted by Crippen LogP contribution is -2.54. The van der Waals surface area contributed by atoms with Gasteiger partial charge in [0.1, 0.15) is 5.54 Å². The van der Waals surface area contributed by atoms with Gasteiger partial charge in [0.15, 0.2) is 0 Å². The average molecular weight is 389 g/mol. The smallest absolute Gasteiger partial charge is 0.245 e. The number of likely N-dealkylation sites (tertiary alicyclic amines) is 1. The Morgan fingerprint density at radius 3 is 2.72 bits per heavy atom. The number of aryl methyl sites for hydroxylation is 1. The van der Waals surface area contributed by atoms with Crippen molar-refractivity contribution in [1.82, 2.24) is 15.2 Å². The number of carbonyl (C=O) groups is 2. The third-order valence-corrected chi connectivity index (χ3v) is 6.06. The first-order valence-corrected chi connectivity index (χ1v) is 10.2. The number of rotatable bonds is 6. The Kier molecular flexibility index (Phi) is 5.14. The van der Waals surface area contributed by atoms with E-state index in [4.69, 9.17) is 0 Å². The molecule has 1 unspecified atom stereocenters. The van der Waals surface area contributed by atoms with Crippen LogP contribution in [0.3, 0.4) is 0 Å². The molecule has 1 aliphatic heterocycles. The molecule has 0 bridgehead atoms. The molecular weight excluding hydrogens is 362 g/mol. The number of carbonyl (C=O) groups excluding carboxylic acids is 2. The normalized spacial score (nSPS) is 19.1. The van der Waals surface area contributed by atoms with Gasteiger partial charge in [-0.25, -0.2) is 0 Å². The minimum atomic E-state index is -0.798. The molecule has 1 atom stereocenters. The van der Waals surface area contributed by atoms with Gasteiger partial charge in [-0.3, -0.25) is 9.59 Å². The van der Waals surface area contributed by atoms with Gasteiger partial charge < -0.3 is 15.2 Å². The van der Waals surface area contributed by atoms with Crippen molar-refractivity contribution in [2.75, 3.05) is 6.54 Å². The molecule has 5 heteroatoms. The molecule has 2 heterocycles. The van der Waals surface area contributed by atoms with Gasteiger partial charge in [0.2, 0.25) is 11.8 Å². The number of H-pyrrole nitrogens is 1. The van der Waals surface area contributed by atoms with E-state index >= 15 is 0 Å².